The first-order chi connectivity index (χ1) is 13.9. The van der Waals surface area contributed by atoms with E-state index >= 15 is 0 Å². The van der Waals surface area contributed by atoms with E-state index in [-0.39, 0.29) is 17.8 Å². The molecule has 29 heavy (non-hydrogen) atoms. The number of hydrogen-bond acceptors (Lipinski definition) is 5. The minimum absolute atomic E-state index is 0.0563. The summed E-state index contributed by atoms with van der Waals surface area (Å²) in [7, 11) is 0. The van der Waals surface area contributed by atoms with Gasteiger partial charge in [0.05, 0.1) is 11.8 Å². The minimum Gasteiger partial charge on any atom is -0.391 e. The molecule has 0 spiro atoms. The summed E-state index contributed by atoms with van der Waals surface area (Å²) in [6.07, 6.45) is 1.27. The fourth-order valence-corrected chi connectivity index (χ4v) is 3.70. The third-order valence-corrected chi connectivity index (χ3v) is 5.35. The summed E-state index contributed by atoms with van der Waals surface area (Å²) in [6.45, 7) is 0. The molecule has 7 nitrogen and oxygen atoms in total. The van der Waals surface area contributed by atoms with Gasteiger partial charge in [0.25, 0.3) is 0 Å². The van der Waals surface area contributed by atoms with Crippen molar-refractivity contribution in [2.45, 2.75) is 37.3 Å². The second-order valence-corrected chi connectivity index (χ2v) is 7.37. The molecule has 1 aliphatic carbocycles. The fraction of sp³-hybridized carbons (Fsp3) is 0.286. The van der Waals surface area contributed by atoms with Crippen molar-refractivity contribution in [2.75, 3.05) is 0 Å². The van der Waals surface area contributed by atoms with Crippen LogP contribution in [0.3, 0.4) is 0 Å². The Hall–Kier alpha value is -3.10. The van der Waals surface area contributed by atoms with E-state index < -0.39 is 12.0 Å². The first kappa shape index (κ1) is 19.2. The molecule has 0 saturated heterocycles. The number of aliphatic hydroxyl groups excluding tert-OH is 1. The van der Waals surface area contributed by atoms with Crippen LogP contribution in [0.5, 0.6) is 0 Å². The highest BCUT2D eigenvalue weighted by Crippen LogP contribution is 2.34. The summed E-state index contributed by atoms with van der Waals surface area (Å²) >= 11 is 0. The molecule has 4 rings (SSSR count). The van der Waals surface area contributed by atoms with E-state index in [1.165, 1.54) is 12.1 Å². The van der Waals surface area contributed by atoms with Gasteiger partial charge in [0.1, 0.15) is 11.6 Å². The monoisotopic (exact) mass is 395 g/mol. The number of carbonyl (C=O) groups is 1. The number of benzene rings is 2. The molecule has 0 aliphatic heterocycles. The molecule has 150 valence electrons. The van der Waals surface area contributed by atoms with Gasteiger partial charge in [-0.05, 0) is 49.6 Å². The van der Waals surface area contributed by atoms with E-state index in [2.05, 4.69) is 5.10 Å². The van der Waals surface area contributed by atoms with Crippen molar-refractivity contribution in [3.63, 3.8) is 0 Å². The highest BCUT2D eigenvalue weighted by molar-refractivity contribution is 5.93. The third kappa shape index (κ3) is 3.90. The van der Waals surface area contributed by atoms with Crippen molar-refractivity contribution >= 4 is 5.91 Å². The summed E-state index contributed by atoms with van der Waals surface area (Å²) in [5.74, 6) is 0.157. The van der Waals surface area contributed by atoms with Crippen molar-refractivity contribution in [2.24, 2.45) is 11.5 Å². The molecule has 1 aliphatic rings. The molecule has 1 heterocycles. The van der Waals surface area contributed by atoms with Gasteiger partial charge >= 0.3 is 0 Å². The molecule has 1 amide bonds. The third-order valence-electron chi connectivity index (χ3n) is 5.35. The number of rotatable bonds is 4. The maximum atomic E-state index is 13.8. The van der Waals surface area contributed by atoms with Gasteiger partial charge in [-0.3, -0.25) is 4.79 Å². The van der Waals surface area contributed by atoms with E-state index in [0.29, 0.717) is 41.3 Å². The number of aromatic nitrogens is 3. The molecule has 0 bridgehead atoms. The van der Waals surface area contributed by atoms with E-state index in [9.17, 15) is 14.3 Å². The van der Waals surface area contributed by atoms with Crippen LogP contribution in [0, 0.1) is 5.82 Å². The predicted octanol–water partition coefficient (Wildman–Crippen LogP) is 2.13. The number of nitrogens with zero attached hydrogens (tertiary/aromatic N) is 3. The van der Waals surface area contributed by atoms with Gasteiger partial charge in [-0.1, -0.05) is 18.2 Å². The van der Waals surface area contributed by atoms with E-state index in [1.807, 2.05) is 0 Å². The molecule has 2 aromatic carbocycles. The van der Waals surface area contributed by atoms with Crippen LogP contribution in [-0.4, -0.2) is 37.9 Å². The van der Waals surface area contributed by atoms with Gasteiger partial charge < -0.3 is 16.6 Å². The van der Waals surface area contributed by atoms with Crippen molar-refractivity contribution in [3.8, 4) is 17.1 Å². The Labute approximate surface area is 167 Å². The second-order valence-electron chi connectivity index (χ2n) is 7.37. The van der Waals surface area contributed by atoms with E-state index in [0.717, 1.165) is 6.42 Å². The summed E-state index contributed by atoms with van der Waals surface area (Å²) < 4.78 is 15.4. The van der Waals surface area contributed by atoms with Crippen LogP contribution in [0.2, 0.25) is 0 Å². The normalized spacial score (nSPS) is 21.8. The van der Waals surface area contributed by atoms with Crippen LogP contribution in [-0.2, 0) is 0 Å². The van der Waals surface area contributed by atoms with Gasteiger partial charge in [0, 0.05) is 23.1 Å². The Balaban J connectivity index is 1.77. The summed E-state index contributed by atoms with van der Waals surface area (Å²) in [6, 6.07) is 12.6. The summed E-state index contributed by atoms with van der Waals surface area (Å²) in [5.41, 5.74) is 12.9. The van der Waals surface area contributed by atoms with Gasteiger partial charge in [0.2, 0.25) is 5.91 Å². The lowest BCUT2D eigenvalue weighted by atomic mass is 9.84. The zero-order chi connectivity index (χ0) is 20.5. The Morgan fingerprint density at radius 2 is 1.93 bits per heavy atom. The molecule has 8 heteroatoms. The van der Waals surface area contributed by atoms with Crippen molar-refractivity contribution in [1.29, 1.82) is 0 Å². The molecule has 5 N–H and O–H groups in total. The molecule has 3 atom stereocenters. The number of amides is 1. The Bertz CT molecular complexity index is 1030. The Morgan fingerprint density at radius 3 is 2.59 bits per heavy atom. The SMILES string of the molecule is NC(=O)c1ccc(-c2nc([C@H]3CC[C@@H](N)[C@H](O)C3)n(-c3cccc(F)c3)n2)cc1. The summed E-state index contributed by atoms with van der Waals surface area (Å²) in [4.78, 5) is 16.0. The Morgan fingerprint density at radius 1 is 1.17 bits per heavy atom. The smallest absolute Gasteiger partial charge is 0.248 e. The van der Waals surface area contributed by atoms with Crippen LogP contribution in [0.15, 0.2) is 48.5 Å². The first-order valence-corrected chi connectivity index (χ1v) is 9.49. The molecule has 1 aromatic heterocycles. The van der Waals surface area contributed by atoms with Gasteiger partial charge in [-0.2, -0.15) is 0 Å². The highest BCUT2D eigenvalue weighted by atomic mass is 19.1. The standard InChI is InChI=1S/C21H22FN5O2/c22-15-2-1-3-16(11-15)27-21(14-8-9-17(23)18(28)10-14)25-20(26-27)13-6-4-12(5-7-13)19(24)29/h1-7,11,14,17-18,28H,8-10,23H2,(H2,24,29)/t14-,17+,18+/m0/s1. The van der Waals surface area contributed by atoms with Crippen LogP contribution < -0.4 is 11.5 Å². The molecule has 3 aromatic rings. The zero-order valence-corrected chi connectivity index (χ0v) is 15.7. The van der Waals surface area contributed by atoms with Gasteiger partial charge in [-0.15, -0.1) is 5.10 Å². The first-order valence-electron chi connectivity index (χ1n) is 9.49. The average molecular weight is 395 g/mol. The van der Waals surface area contributed by atoms with Crippen molar-refractivity contribution in [1.82, 2.24) is 14.8 Å². The van der Waals surface area contributed by atoms with Crippen LogP contribution in [0.1, 0.15) is 41.4 Å². The number of aliphatic hydroxyl groups is 1. The van der Waals surface area contributed by atoms with Crippen molar-refractivity contribution < 1.29 is 14.3 Å². The Kier molecular flexibility index (Phi) is 5.12. The lowest BCUT2D eigenvalue weighted by Crippen LogP contribution is -2.40. The maximum Gasteiger partial charge on any atom is 0.248 e. The van der Waals surface area contributed by atoms with E-state index in [4.69, 9.17) is 16.5 Å². The lowest BCUT2D eigenvalue weighted by Gasteiger charge is -2.30. The van der Waals surface area contributed by atoms with Crippen LogP contribution in [0.25, 0.3) is 17.1 Å². The fourth-order valence-electron chi connectivity index (χ4n) is 3.70. The minimum atomic E-state index is -0.621. The second kappa shape index (κ2) is 7.73. The molecule has 1 saturated carbocycles. The van der Waals surface area contributed by atoms with Gasteiger partial charge in [0.15, 0.2) is 5.82 Å². The van der Waals surface area contributed by atoms with Crippen LogP contribution >= 0.6 is 0 Å². The largest absolute Gasteiger partial charge is 0.391 e. The number of halogens is 1. The maximum absolute atomic E-state index is 13.8. The van der Waals surface area contributed by atoms with E-state index in [1.54, 1.807) is 41.1 Å². The molecule has 0 unspecified atom stereocenters. The summed E-state index contributed by atoms with van der Waals surface area (Å²) in [5, 5.41) is 14.8. The highest BCUT2D eigenvalue weighted by Gasteiger charge is 2.31. The number of hydrogen-bond donors (Lipinski definition) is 3. The quantitative estimate of drug-likeness (QED) is 0.625. The number of carbonyl (C=O) groups excluding carboxylic acids is 1. The van der Waals surface area contributed by atoms with Gasteiger partial charge in [-0.25, -0.2) is 14.1 Å². The topological polar surface area (TPSA) is 120 Å². The molecule has 1 fully saturated rings. The lowest BCUT2D eigenvalue weighted by molar-refractivity contribution is 0.0961. The number of primary amides is 1. The zero-order valence-electron chi connectivity index (χ0n) is 15.7. The molecular formula is C21H22FN5O2. The average Bonchev–Trinajstić information content (AvgIpc) is 3.15. The van der Waals surface area contributed by atoms with Crippen LogP contribution in [0.4, 0.5) is 4.39 Å². The number of nitrogens with two attached hydrogens (primary N) is 2. The van der Waals surface area contributed by atoms with Crippen molar-refractivity contribution in [3.05, 3.63) is 65.7 Å². The predicted molar refractivity (Wildman–Crippen MR) is 106 cm³/mol. The molecular weight excluding hydrogens is 373 g/mol. The molecule has 0 radical (unpaired) electrons.